The molecular weight excluding hydrogens is 467 g/mol. The molecule has 1 aliphatic rings. The lowest BCUT2D eigenvalue weighted by atomic mass is 10.1. The van der Waals surface area contributed by atoms with E-state index in [1.54, 1.807) is 24.3 Å². The van der Waals surface area contributed by atoms with E-state index in [2.05, 4.69) is 15.0 Å². The van der Waals surface area contributed by atoms with Crippen LogP contribution in [0.4, 0.5) is 18.9 Å². The van der Waals surface area contributed by atoms with Gasteiger partial charge in [-0.25, -0.2) is 18.1 Å². The van der Waals surface area contributed by atoms with Gasteiger partial charge in [0.15, 0.2) is 5.75 Å². The third-order valence-electron chi connectivity index (χ3n) is 4.54. The summed E-state index contributed by atoms with van der Waals surface area (Å²) in [6.07, 6.45) is -4.56. The van der Waals surface area contributed by atoms with Crippen LogP contribution in [0.15, 0.2) is 76.6 Å². The number of hydrogen-bond donors (Lipinski definition) is 2. The fraction of sp³-hybridized carbons (Fsp3) is 0.0952. The maximum absolute atomic E-state index is 13.2. The highest BCUT2D eigenvalue weighted by Crippen LogP contribution is 2.38. The van der Waals surface area contributed by atoms with Gasteiger partial charge in [-0.15, -0.1) is 0 Å². The summed E-state index contributed by atoms with van der Waals surface area (Å²) >= 11 is 6.12. The molecule has 0 fully saturated rings. The molecule has 4 rings (SSSR count). The van der Waals surface area contributed by atoms with Crippen molar-refractivity contribution in [1.29, 1.82) is 0 Å². The van der Waals surface area contributed by atoms with E-state index in [1.165, 1.54) is 36.4 Å². The standard InChI is InChI=1S/C21H15ClF3N3O3S/c22-15-8-3-4-9-16(15)31-17-10-5-11-18-19(17)27-20(28-32(18,29)30)26-12-13-6-1-2-7-14(13)21(23,24)25/h1-11H,12H2,(H2,26,27,28). The number of aliphatic imine (C=N–C) groups is 1. The Morgan fingerprint density at radius 3 is 2.38 bits per heavy atom. The summed E-state index contributed by atoms with van der Waals surface area (Å²) in [6.45, 7) is -0.399. The SMILES string of the molecule is O=S1(=O)NC(=NCc2ccccc2C(F)(F)F)Nc2c(Oc3ccccc3Cl)cccc21. The van der Waals surface area contributed by atoms with Gasteiger partial charge in [-0.1, -0.05) is 48.0 Å². The number of nitrogens with one attached hydrogen (secondary N) is 2. The van der Waals surface area contributed by atoms with Crippen molar-refractivity contribution in [1.82, 2.24) is 4.72 Å². The Morgan fingerprint density at radius 2 is 1.62 bits per heavy atom. The Kier molecular flexibility index (Phi) is 5.74. The molecule has 2 N–H and O–H groups in total. The zero-order chi connectivity index (χ0) is 22.9. The molecule has 0 aliphatic carbocycles. The molecule has 3 aromatic carbocycles. The molecule has 0 saturated heterocycles. The predicted molar refractivity (Wildman–Crippen MR) is 114 cm³/mol. The molecule has 0 saturated carbocycles. The number of para-hydroxylation sites is 2. The molecule has 11 heteroatoms. The minimum absolute atomic E-state index is 0.0917. The fourth-order valence-corrected chi connectivity index (χ4v) is 4.42. The predicted octanol–water partition coefficient (Wildman–Crippen LogP) is 5.41. The summed E-state index contributed by atoms with van der Waals surface area (Å²) in [7, 11) is -4.04. The summed E-state index contributed by atoms with van der Waals surface area (Å²) in [5, 5.41) is 3.12. The van der Waals surface area contributed by atoms with Crippen molar-refractivity contribution in [3.05, 3.63) is 82.9 Å². The number of nitrogens with zero attached hydrogens (tertiary/aromatic N) is 1. The van der Waals surface area contributed by atoms with Crippen LogP contribution in [0.25, 0.3) is 0 Å². The van der Waals surface area contributed by atoms with Crippen molar-refractivity contribution in [3.8, 4) is 11.5 Å². The lowest BCUT2D eigenvalue weighted by molar-refractivity contribution is -0.138. The van der Waals surface area contributed by atoms with Crippen LogP contribution in [0.2, 0.25) is 5.02 Å². The first-order valence-corrected chi connectivity index (χ1v) is 11.1. The van der Waals surface area contributed by atoms with Crippen molar-refractivity contribution < 1.29 is 26.3 Å². The van der Waals surface area contributed by atoms with Crippen molar-refractivity contribution >= 4 is 33.3 Å². The Labute approximate surface area is 186 Å². The first-order chi connectivity index (χ1) is 15.1. The molecule has 3 aromatic rings. The number of ether oxygens (including phenoxy) is 1. The number of benzene rings is 3. The van der Waals surface area contributed by atoms with E-state index in [0.717, 1.165) is 6.07 Å². The molecule has 166 valence electrons. The minimum atomic E-state index is -4.56. The van der Waals surface area contributed by atoms with Crippen LogP contribution in [0.1, 0.15) is 11.1 Å². The van der Waals surface area contributed by atoms with Crippen LogP contribution in [0.5, 0.6) is 11.5 Å². The molecule has 6 nitrogen and oxygen atoms in total. The van der Waals surface area contributed by atoms with E-state index < -0.39 is 28.3 Å². The van der Waals surface area contributed by atoms with Gasteiger partial charge in [-0.05, 0) is 35.9 Å². The number of anilines is 1. The van der Waals surface area contributed by atoms with Gasteiger partial charge in [0.1, 0.15) is 16.3 Å². The van der Waals surface area contributed by atoms with Gasteiger partial charge >= 0.3 is 6.18 Å². The van der Waals surface area contributed by atoms with Gasteiger partial charge in [0.05, 0.1) is 17.1 Å². The first-order valence-electron chi connectivity index (χ1n) is 9.20. The second-order valence-electron chi connectivity index (χ2n) is 6.71. The highest BCUT2D eigenvalue weighted by molar-refractivity contribution is 7.90. The van der Waals surface area contributed by atoms with Gasteiger partial charge < -0.3 is 10.1 Å². The number of halogens is 4. The fourth-order valence-electron chi connectivity index (χ4n) is 3.09. The Bertz CT molecular complexity index is 1310. The van der Waals surface area contributed by atoms with Crippen molar-refractivity contribution in [2.24, 2.45) is 4.99 Å². The minimum Gasteiger partial charge on any atom is -0.454 e. The number of alkyl halides is 3. The quantitative estimate of drug-likeness (QED) is 0.522. The smallest absolute Gasteiger partial charge is 0.416 e. The van der Waals surface area contributed by atoms with E-state index in [1.807, 2.05) is 0 Å². The van der Waals surface area contributed by atoms with E-state index in [9.17, 15) is 21.6 Å². The maximum Gasteiger partial charge on any atom is 0.416 e. The van der Waals surface area contributed by atoms with Crippen LogP contribution < -0.4 is 14.8 Å². The first kappa shape index (κ1) is 22.0. The van der Waals surface area contributed by atoms with Gasteiger partial charge in [0, 0.05) is 0 Å². The average Bonchev–Trinajstić information content (AvgIpc) is 2.73. The maximum atomic E-state index is 13.2. The van der Waals surface area contributed by atoms with E-state index in [4.69, 9.17) is 16.3 Å². The van der Waals surface area contributed by atoms with Gasteiger partial charge in [-0.2, -0.15) is 13.2 Å². The molecule has 0 unspecified atom stereocenters. The summed E-state index contributed by atoms with van der Waals surface area (Å²) in [6, 6.07) is 16.0. The molecule has 32 heavy (non-hydrogen) atoms. The van der Waals surface area contributed by atoms with Gasteiger partial charge in [-0.3, -0.25) is 0 Å². The number of hydrogen-bond acceptors (Lipinski definition) is 4. The topological polar surface area (TPSA) is 79.8 Å². The Morgan fingerprint density at radius 1 is 0.938 bits per heavy atom. The van der Waals surface area contributed by atoms with Crippen LogP contribution in [-0.2, 0) is 22.7 Å². The van der Waals surface area contributed by atoms with E-state index in [0.29, 0.717) is 10.8 Å². The van der Waals surface area contributed by atoms with Gasteiger partial charge in [0.2, 0.25) is 5.96 Å². The molecule has 1 aliphatic heterocycles. The molecular formula is C21H15ClF3N3O3S. The number of guanidine groups is 1. The third-order valence-corrected chi connectivity index (χ3v) is 6.23. The number of sulfonamides is 1. The van der Waals surface area contributed by atoms with E-state index >= 15 is 0 Å². The monoisotopic (exact) mass is 481 g/mol. The van der Waals surface area contributed by atoms with Crippen molar-refractivity contribution in [2.45, 2.75) is 17.6 Å². The molecule has 0 amide bonds. The zero-order valence-corrected chi connectivity index (χ0v) is 17.7. The summed E-state index contributed by atoms with van der Waals surface area (Å²) in [5.74, 6) is 0.228. The lowest BCUT2D eigenvalue weighted by Gasteiger charge is -2.24. The largest absolute Gasteiger partial charge is 0.454 e. The van der Waals surface area contributed by atoms with Gasteiger partial charge in [0.25, 0.3) is 10.0 Å². The average molecular weight is 482 g/mol. The van der Waals surface area contributed by atoms with Crippen LogP contribution >= 0.6 is 11.6 Å². The summed E-state index contributed by atoms with van der Waals surface area (Å²) in [5.41, 5.74) is -0.847. The Hall–Kier alpha value is -3.24. The highest BCUT2D eigenvalue weighted by atomic mass is 35.5. The van der Waals surface area contributed by atoms with Crippen LogP contribution in [-0.4, -0.2) is 14.4 Å². The second-order valence-corrected chi connectivity index (χ2v) is 8.77. The van der Waals surface area contributed by atoms with E-state index in [-0.39, 0.29) is 27.9 Å². The second kappa shape index (κ2) is 8.36. The van der Waals surface area contributed by atoms with Crippen LogP contribution in [0.3, 0.4) is 0 Å². The highest BCUT2D eigenvalue weighted by Gasteiger charge is 2.33. The molecule has 1 heterocycles. The van der Waals surface area contributed by atoms with Crippen molar-refractivity contribution in [3.63, 3.8) is 0 Å². The zero-order valence-electron chi connectivity index (χ0n) is 16.2. The molecule has 0 spiro atoms. The Balaban J connectivity index is 1.68. The molecule has 0 bridgehead atoms. The van der Waals surface area contributed by atoms with Crippen LogP contribution in [0, 0.1) is 0 Å². The summed E-state index contributed by atoms with van der Waals surface area (Å²) < 4.78 is 73.1. The molecule has 0 atom stereocenters. The summed E-state index contributed by atoms with van der Waals surface area (Å²) in [4.78, 5) is 3.92. The number of rotatable bonds is 4. The van der Waals surface area contributed by atoms with Crippen molar-refractivity contribution in [2.75, 3.05) is 5.32 Å². The number of fused-ring (bicyclic) bond motifs is 1. The molecule has 0 aromatic heterocycles. The molecule has 0 radical (unpaired) electrons. The third kappa shape index (κ3) is 4.51. The lowest BCUT2D eigenvalue weighted by Crippen LogP contribution is -2.40. The normalized spacial score (nSPS) is 16.1.